The van der Waals surface area contributed by atoms with E-state index in [0.717, 1.165) is 12.1 Å². The van der Waals surface area contributed by atoms with E-state index < -0.39 is 0 Å². The van der Waals surface area contributed by atoms with Crippen LogP contribution in [0.25, 0.3) is 0 Å². The summed E-state index contributed by atoms with van der Waals surface area (Å²) in [4.78, 5) is 15.9. The minimum Gasteiger partial charge on any atom is -0.352 e. The zero-order valence-electron chi connectivity index (χ0n) is 9.87. The van der Waals surface area contributed by atoms with Crippen LogP contribution in [0.5, 0.6) is 0 Å². The zero-order chi connectivity index (χ0) is 12.4. The van der Waals surface area contributed by atoms with Gasteiger partial charge in [-0.05, 0) is 40.9 Å². The highest BCUT2D eigenvalue weighted by Gasteiger charge is 2.31. The Morgan fingerprint density at radius 2 is 2.33 bits per heavy atom. The van der Waals surface area contributed by atoms with Crippen molar-refractivity contribution >= 4 is 17.2 Å². The van der Waals surface area contributed by atoms with Crippen LogP contribution in [0, 0.1) is 0 Å². The van der Waals surface area contributed by atoms with E-state index in [1.54, 1.807) is 11.3 Å². The molecule has 1 saturated heterocycles. The van der Waals surface area contributed by atoms with Crippen LogP contribution in [0.4, 0.5) is 0 Å². The van der Waals surface area contributed by atoms with E-state index in [4.69, 9.17) is 0 Å². The third-order valence-corrected chi connectivity index (χ3v) is 4.04. The van der Waals surface area contributed by atoms with Crippen LogP contribution in [0.15, 0.2) is 41.2 Å². The third-order valence-electron chi connectivity index (χ3n) is 3.34. The number of nitrogens with zero attached hydrogens (tertiary/aromatic N) is 1. The van der Waals surface area contributed by atoms with Gasteiger partial charge in [0.2, 0.25) is 5.91 Å². The molecule has 1 aliphatic rings. The van der Waals surface area contributed by atoms with Crippen LogP contribution >= 0.6 is 11.3 Å². The van der Waals surface area contributed by atoms with Crippen LogP contribution in [0.1, 0.15) is 30.0 Å². The lowest BCUT2D eigenvalue weighted by Gasteiger charge is -2.22. The summed E-state index contributed by atoms with van der Waals surface area (Å²) in [7, 11) is 0. The van der Waals surface area contributed by atoms with Gasteiger partial charge in [-0.2, -0.15) is 11.3 Å². The first kappa shape index (κ1) is 11.4. The molecule has 0 aromatic carbocycles. The van der Waals surface area contributed by atoms with Crippen molar-refractivity contribution in [3.63, 3.8) is 0 Å². The van der Waals surface area contributed by atoms with E-state index in [1.807, 2.05) is 24.4 Å². The number of carbonyl (C=O) groups excluding carboxylic acids is 1. The van der Waals surface area contributed by atoms with Crippen molar-refractivity contribution in [2.75, 3.05) is 0 Å². The fourth-order valence-electron chi connectivity index (χ4n) is 2.51. The maximum Gasteiger partial charge on any atom is 0.220 e. The van der Waals surface area contributed by atoms with Crippen molar-refractivity contribution in [3.8, 4) is 0 Å². The molecule has 3 heterocycles. The summed E-state index contributed by atoms with van der Waals surface area (Å²) in [5.41, 5.74) is 2.27. The summed E-state index contributed by atoms with van der Waals surface area (Å²) < 4.78 is 0. The Morgan fingerprint density at radius 1 is 1.39 bits per heavy atom. The van der Waals surface area contributed by atoms with Gasteiger partial charge in [0.05, 0.1) is 0 Å². The van der Waals surface area contributed by atoms with Gasteiger partial charge in [0.1, 0.15) is 0 Å². The van der Waals surface area contributed by atoms with Crippen molar-refractivity contribution in [1.29, 1.82) is 0 Å². The number of thiophene rings is 1. The lowest BCUT2D eigenvalue weighted by Crippen LogP contribution is -2.32. The van der Waals surface area contributed by atoms with Crippen molar-refractivity contribution < 1.29 is 4.79 Å². The molecule has 2 aromatic rings. The number of pyridine rings is 1. The smallest absolute Gasteiger partial charge is 0.220 e. The maximum absolute atomic E-state index is 11.4. The summed E-state index contributed by atoms with van der Waals surface area (Å²) in [6, 6.07) is 8.24. The fourth-order valence-corrected chi connectivity index (χ4v) is 3.21. The average molecular weight is 258 g/mol. The van der Waals surface area contributed by atoms with E-state index in [9.17, 15) is 4.79 Å². The summed E-state index contributed by atoms with van der Waals surface area (Å²) in [5.74, 6) is 0.320. The first-order valence-electron chi connectivity index (χ1n) is 6.07. The molecule has 4 heteroatoms. The molecule has 92 valence electrons. The van der Waals surface area contributed by atoms with Crippen molar-refractivity contribution in [2.24, 2.45) is 0 Å². The predicted octanol–water partition coefficient (Wildman–Crippen LogP) is 2.55. The third kappa shape index (κ3) is 2.16. The number of nitrogens with one attached hydrogen (secondary N) is 1. The highest BCUT2D eigenvalue weighted by atomic mass is 32.1. The van der Waals surface area contributed by atoms with E-state index >= 15 is 0 Å². The van der Waals surface area contributed by atoms with Crippen LogP contribution in [-0.4, -0.2) is 16.9 Å². The summed E-state index contributed by atoms with van der Waals surface area (Å²) in [6.45, 7) is 0. The van der Waals surface area contributed by atoms with Gasteiger partial charge in [-0.3, -0.25) is 9.78 Å². The van der Waals surface area contributed by atoms with E-state index in [2.05, 4.69) is 27.1 Å². The average Bonchev–Trinajstić information content (AvgIpc) is 3.04. The van der Waals surface area contributed by atoms with Crippen molar-refractivity contribution in [1.82, 2.24) is 10.3 Å². The molecule has 0 unspecified atom stereocenters. The van der Waals surface area contributed by atoms with Gasteiger partial charge in [-0.25, -0.2) is 0 Å². The van der Waals surface area contributed by atoms with Gasteiger partial charge < -0.3 is 5.32 Å². The maximum atomic E-state index is 11.4. The van der Waals surface area contributed by atoms with Crippen LogP contribution < -0.4 is 5.32 Å². The fraction of sp³-hybridized carbons (Fsp3) is 0.286. The van der Waals surface area contributed by atoms with Gasteiger partial charge in [0, 0.05) is 30.3 Å². The largest absolute Gasteiger partial charge is 0.352 e. The van der Waals surface area contributed by atoms with E-state index in [-0.39, 0.29) is 17.9 Å². The lowest BCUT2D eigenvalue weighted by molar-refractivity contribution is -0.119. The number of hydrogen-bond acceptors (Lipinski definition) is 3. The molecule has 0 spiro atoms. The van der Waals surface area contributed by atoms with Gasteiger partial charge >= 0.3 is 0 Å². The van der Waals surface area contributed by atoms with Crippen molar-refractivity contribution in [3.05, 3.63) is 52.5 Å². The molecule has 1 fully saturated rings. The molecule has 0 saturated carbocycles. The Labute approximate surface area is 110 Å². The normalized spacial score (nSPS) is 20.7. The molecule has 18 heavy (non-hydrogen) atoms. The second-order valence-electron chi connectivity index (χ2n) is 4.50. The van der Waals surface area contributed by atoms with Gasteiger partial charge in [0.15, 0.2) is 0 Å². The Balaban J connectivity index is 1.97. The molecule has 1 N–H and O–H groups in total. The summed E-state index contributed by atoms with van der Waals surface area (Å²) in [6.07, 6.45) is 3.32. The number of hydrogen-bond donors (Lipinski definition) is 1. The topological polar surface area (TPSA) is 42.0 Å². The molecule has 2 aromatic heterocycles. The molecule has 0 aliphatic carbocycles. The number of aromatic nitrogens is 1. The van der Waals surface area contributed by atoms with Gasteiger partial charge in [-0.15, -0.1) is 0 Å². The molecule has 3 rings (SSSR count). The zero-order valence-corrected chi connectivity index (χ0v) is 10.7. The molecule has 0 bridgehead atoms. The Kier molecular flexibility index (Phi) is 3.11. The lowest BCUT2D eigenvalue weighted by atomic mass is 9.89. The molecule has 1 aliphatic heterocycles. The first-order valence-corrected chi connectivity index (χ1v) is 7.01. The van der Waals surface area contributed by atoms with Gasteiger partial charge in [0.25, 0.3) is 0 Å². The van der Waals surface area contributed by atoms with Crippen LogP contribution in [-0.2, 0) is 4.79 Å². The molecule has 2 atom stereocenters. The van der Waals surface area contributed by atoms with Crippen LogP contribution in [0.3, 0.4) is 0 Å². The van der Waals surface area contributed by atoms with E-state index in [0.29, 0.717) is 6.42 Å². The highest BCUT2D eigenvalue weighted by Crippen LogP contribution is 2.32. The minimum atomic E-state index is 0.149. The van der Waals surface area contributed by atoms with Crippen molar-refractivity contribution in [2.45, 2.75) is 24.8 Å². The van der Waals surface area contributed by atoms with Gasteiger partial charge in [-0.1, -0.05) is 6.07 Å². The molecule has 1 amide bonds. The monoisotopic (exact) mass is 258 g/mol. The predicted molar refractivity (Wildman–Crippen MR) is 71.6 cm³/mol. The number of amides is 1. The molecule has 3 nitrogen and oxygen atoms in total. The standard InChI is InChI=1S/C14H14N2OS/c17-13-5-4-12(16-13)14(10-6-8-18-9-10)11-3-1-2-7-15-11/h1-3,6-9,12,14H,4-5H2,(H,16,17)/t12-,14+/m1/s1. The summed E-state index contributed by atoms with van der Waals surface area (Å²) >= 11 is 1.68. The number of rotatable bonds is 3. The number of carbonyl (C=O) groups is 1. The highest BCUT2D eigenvalue weighted by molar-refractivity contribution is 7.08. The second-order valence-corrected chi connectivity index (χ2v) is 5.28. The Hall–Kier alpha value is -1.68. The Morgan fingerprint density at radius 3 is 2.94 bits per heavy atom. The summed E-state index contributed by atoms with van der Waals surface area (Å²) in [5, 5.41) is 7.28. The molecule has 0 radical (unpaired) electrons. The quantitative estimate of drug-likeness (QED) is 0.919. The van der Waals surface area contributed by atoms with E-state index in [1.165, 1.54) is 5.56 Å². The SMILES string of the molecule is O=C1CC[C@H]([C@@H](c2ccsc2)c2ccccn2)N1. The Bertz CT molecular complexity index is 524. The first-order chi connectivity index (χ1) is 8.84. The molecular formula is C14H14N2OS. The second kappa shape index (κ2) is 4.90. The molecular weight excluding hydrogens is 244 g/mol. The minimum absolute atomic E-state index is 0.149. The van der Waals surface area contributed by atoms with Crippen LogP contribution in [0.2, 0.25) is 0 Å².